The van der Waals surface area contributed by atoms with Gasteiger partial charge in [0.1, 0.15) is 11.5 Å². The summed E-state index contributed by atoms with van der Waals surface area (Å²) in [4.78, 5) is 15.3. The molecule has 12 heteroatoms. The van der Waals surface area contributed by atoms with Crippen molar-refractivity contribution in [3.63, 3.8) is 0 Å². The predicted molar refractivity (Wildman–Crippen MR) is 88.5 cm³/mol. The van der Waals surface area contributed by atoms with Gasteiger partial charge in [-0.3, -0.25) is 4.79 Å². The second kappa shape index (κ2) is 6.71. The van der Waals surface area contributed by atoms with Crippen LogP contribution in [0.15, 0.2) is 47.4 Å². The summed E-state index contributed by atoms with van der Waals surface area (Å²) in [5, 5.41) is 2.06. The smallest absolute Gasteiger partial charge is 0.309 e. The summed E-state index contributed by atoms with van der Waals surface area (Å²) < 4.78 is 99.7. The van der Waals surface area contributed by atoms with Gasteiger partial charge in [0.25, 0.3) is 0 Å². The molecule has 156 valence electrons. The summed E-state index contributed by atoms with van der Waals surface area (Å²) in [6.45, 7) is 0. The Hall–Kier alpha value is -2.63. The minimum Gasteiger partial charge on any atom is -0.309 e. The molecule has 0 unspecified atom stereocenters. The molecule has 0 bridgehead atoms. The highest BCUT2D eigenvalue weighted by Gasteiger charge is 2.61. The van der Waals surface area contributed by atoms with E-state index in [0.717, 1.165) is 24.3 Å². The Bertz CT molecular complexity index is 1040. The molecule has 1 fully saturated rings. The molecule has 1 aliphatic rings. The molecule has 1 heterocycles. The molecule has 0 spiro atoms. The average molecular weight is 438 g/mol. The molecule has 1 aromatic carbocycles. The third kappa shape index (κ3) is 3.93. The van der Waals surface area contributed by atoms with Gasteiger partial charge in [0.15, 0.2) is 14.6 Å². The van der Waals surface area contributed by atoms with Gasteiger partial charge in [0, 0.05) is 0 Å². The van der Waals surface area contributed by atoms with E-state index in [0.29, 0.717) is 18.2 Å². The van der Waals surface area contributed by atoms with Crippen molar-refractivity contribution >= 4 is 21.6 Å². The van der Waals surface area contributed by atoms with Gasteiger partial charge in [-0.05, 0) is 49.2 Å². The first-order chi connectivity index (χ1) is 13.3. The zero-order valence-corrected chi connectivity index (χ0v) is 15.1. The Morgan fingerprint density at radius 2 is 1.52 bits per heavy atom. The van der Waals surface area contributed by atoms with E-state index in [9.17, 15) is 39.6 Å². The van der Waals surface area contributed by atoms with E-state index in [1.54, 1.807) is 0 Å². The topological polar surface area (TPSA) is 76.1 Å². The van der Waals surface area contributed by atoms with Crippen molar-refractivity contribution < 1.29 is 39.6 Å². The Balaban J connectivity index is 1.86. The van der Waals surface area contributed by atoms with Gasteiger partial charge in [0.05, 0.1) is 10.5 Å². The number of nitrogens with zero attached hydrogens (tertiary/aromatic N) is 1. The third-order valence-electron chi connectivity index (χ3n) is 4.41. The number of benzene rings is 1. The van der Waals surface area contributed by atoms with Gasteiger partial charge in [-0.1, -0.05) is 6.07 Å². The first-order valence-electron chi connectivity index (χ1n) is 8.05. The second-order valence-corrected chi connectivity index (χ2v) is 8.64. The van der Waals surface area contributed by atoms with Gasteiger partial charge < -0.3 is 5.32 Å². The van der Waals surface area contributed by atoms with E-state index in [1.807, 2.05) is 0 Å². The highest BCUT2D eigenvalue weighted by molar-refractivity contribution is 7.94. The largest absolute Gasteiger partial charge is 0.433 e. The van der Waals surface area contributed by atoms with Gasteiger partial charge >= 0.3 is 12.4 Å². The van der Waals surface area contributed by atoms with Crippen LogP contribution in [-0.2, 0) is 27.0 Å². The van der Waals surface area contributed by atoms with E-state index in [-0.39, 0.29) is 12.8 Å². The maximum absolute atomic E-state index is 12.8. The van der Waals surface area contributed by atoms with Crippen LogP contribution < -0.4 is 5.32 Å². The van der Waals surface area contributed by atoms with Gasteiger partial charge in [-0.25, -0.2) is 13.4 Å². The Kier molecular flexibility index (Phi) is 4.88. The fourth-order valence-electron chi connectivity index (χ4n) is 2.67. The van der Waals surface area contributed by atoms with Crippen LogP contribution in [0.2, 0.25) is 0 Å². The van der Waals surface area contributed by atoms with Crippen LogP contribution in [0.5, 0.6) is 0 Å². The van der Waals surface area contributed by atoms with Crippen molar-refractivity contribution in [3.05, 3.63) is 53.7 Å². The summed E-state index contributed by atoms with van der Waals surface area (Å²) in [5.74, 6) is -1.58. The number of aromatic nitrogens is 1. The lowest BCUT2D eigenvalue weighted by molar-refractivity contribution is -0.141. The van der Waals surface area contributed by atoms with Crippen molar-refractivity contribution in [2.24, 2.45) is 0 Å². The van der Waals surface area contributed by atoms with Gasteiger partial charge in [-0.2, -0.15) is 26.3 Å². The zero-order chi connectivity index (χ0) is 21.7. The molecule has 0 saturated heterocycles. The quantitative estimate of drug-likeness (QED) is 0.731. The lowest BCUT2D eigenvalue weighted by Gasteiger charge is -2.17. The Labute approximate surface area is 160 Å². The number of carbonyl (C=O) groups is 1. The van der Waals surface area contributed by atoms with E-state index < -0.39 is 54.8 Å². The molecular weight excluding hydrogens is 426 g/mol. The number of anilines is 1. The van der Waals surface area contributed by atoms with E-state index in [1.165, 1.54) is 0 Å². The molecule has 3 rings (SSSR count). The van der Waals surface area contributed by atoms with Crippen molar-refractivity contribution in [1.82, 2.24) is 4.98 Å². The molecule has 2 aromatic rings. The lowest BCUT2D eigenvalue weighted by atomic mass is 10.2. The molecule has 1 amide bonds. The summed E-state index contributed by atoms with van der Waals surface area (Å²) in [5.41, 5.74) is -2.33. The number of amides is 1. The molecule has 29 heavy (non-hydrogen) atoms. The number of carbonyl (C=O) groups excluding carboxylic acids is 1. The maximum atomic E-state index is 12.8. The molecule has 5 nitrogen and oxygen atoms in total. The zero-order valence-electron chi connectivity index (χ0n) is 14.3. The van der Waals surface area contributed by atoms with Gasteiger partial charge in [0.2, 0.25) is 5.91 Å². The molecule has 1 aliphatic carbocycles. The van der Waals surface area contributed by atoms with E-state index >= 15 is 0 Å². The molecule has 1 aromatic heterocycles. The number of hydrogen-bond acceptors (Lipinski definition) is 4. The van der Waals surface area contributed by atoms with Crippen LogP contribution in [-0.4, -0.2) is 24.1 Å². The number of rotatable bonds is 4. The molecule has 0 aliphatic heterocycles. The third-order valence-corrected chi connectivity index (χ3v) is 6.92. The van der Waals surface area contributed by atoms with Crippen molar-refractivity contribution in [2.45, 2.75) is 34.8 Å². The monoisotopic (exact) mass is 438 g/mol. The summed E-state index contributed by atoms with van der Waals surface area (Å²) >= 11 is 0. The Morgan fingerprint density at radius 1 is 0.931 bits per heavy atom. The standard InChI is InChI=1S/C17H12F6N2O3S/c18-16(19,20)10-4-6-11(7-5-10)29(27,28)15(8-9-15)14(26)25-13-3-1-2-12(24-13)17(21,22)23/h1-7H,8-9H2,(H,24,25,26). The number of halogens is 6. The second-order valence-electron chi connectivity index (χ2n) is 6.38. The fourth-order valence-corrected chi connectivity index (χ4v) is 4.55. The SMILES string of the molecule is O=C(Nc1cccc(C(F)(F)F)n1)C1(S(=O)(=O)c2ccc(C(F)(F)F)cc2)CC1. The first-order valence-corrected chi connectivity index (χ1v) is 9.53. The summed E-state index contributed by atoms with van der Waals surface area (Å²) in [6, 6.07) is 5.39. The normalized spacial score (nSPS) is 16.3. The first kappa shape index (κ1) is 21.1. The van der Waals surface area contributed by atoms with Gasteiger partial charge in [-0.15, -0.1) is 0 Å². The molecule has 1 N–H and O–H groups in total. The number of alkyl halides is 6. The highest BCUT2D eigenvalue weighted by atomic mass is 32.2. The van der Waals surface area contributed by atoms with Crippen molar-refractivity contribution in [1.29, 1.82) is 0 Å². The summed E-state index contributed by atoms with van der Waals surface area (Å²) in [6.07, 6.45) is -9.67. The summed E-state index contributed by atoms with van der Waals surface area (Å²) in [7, 11) is -4.38. The van der Waals surface area contributed by atoms with Crippen LogP contribution >= 0.6 is 0 Å². The van der Waals surface area contributed by atoms with E-state index in [4.69, 9.17) is 0 Å². The predicted octanol–water partition coefficient (Wildman–Crippen LogP) is 4.06. The fraction of sp³-hybridized carbons (Fsp3) is 0.294. The molecular formula is C17H12F6N2O3S. The molecule has 1 saturated carbocycles. The minimum absolute atomic E-state index is 0.124. The highest BCUT2D eigenvalue weighted by Crippen LogP contribution is 2.48. The number of sulfone groups is 1. The lowest BCUT2D eigenvalue weighted by Crippen LogP contribution is -2.37. The number of pyridine rings is 1. The van der Waals surface area contributed by atoms with Crippen LogP contribution in [0.25, 0.3) is 0 Å². The molecule has 0 atom stereocenters. The number of nitrogens with one attached hydrogen (secondary N) is 1. The Morgan fingerprint density at radius 3 is 2.00 bits per heavy atom. The maximum Gasteiger partial charge on any atom is 0.433 e. The van der Waals surface area contributed by atoms with Crippen LogP contribution in [0.3, 0.4) is 0 Å². The van der Waals surface area contributed by atoms with E-state index in [2.05, 4.69) is 10.3 Å². The van der Waals surface area contributed by atoms with Crippen molar-refractivity contribution in [3.8, 4) is 0 Å². The van der Waals surface area contributed by atoms with Crippen LogP contribution in [0.4, 0.5) is 32.2 Å². The van der Waals surface area contributed by atoms with Crippen LogP contribution in [0.1, 0.15) is 24.1 Å². The van der Waals surface area contributed by atoms with Crippen LogP contribution in [0, 0.1) is 0 Å². The molecule has 0 radical (unpaired) electrons. The average Bonchev–Trinajstić information content (AvgIpc) is 3.43. The van der Waals surface area contributed by atoms with Crippen molar-refractivity contribution in [2.75, 3.05) is 5.32 Å². The minimum atomic E-state index is -4.76. The number of hydrogen-bond donors (Lipinski definition) is 1.